The summed E-state index contributed by atoms with van der Waals surface area (Å²) in [6.07, 6.45) is 2.57. The first-order valence-electron chi connectivity index (χ1n) is 8.74. The first kappa shape index (κ1) is 19.0. The Morgan fingerprint density at radius 2 is 2.00 bits per heavy atom. The minimum atomic E-state index is -0.956. The SMILES string of the molecule is Cc1cc(C(=O)N2CCCC[C@@H]2C(=O)O)ccc1NC(=O)CC(C)C. The van der Waals surface area contributed by atoms with E-state index in [9.17, 15) is 19.5 Å². The van der Waals surface area contributed by atoms with E-state index < -0.39 is 12.0 Å². The second-order valence-corrected chi connectivity index (χ2v) is 7.02. The van der Waals surface area contributed by atoms with E-state index in [1.54, 1.807) is 18.2 Å². The molecule has 0 unspecified atom stereocenters. The molecule has 0 bridgehead atoms. The molecule has 0 aromatic heterocycles. The molecule has 1 aromatic carbocycles. The molecular formula is C19H26N2O4. The molecule has 6 nitrogen and oxygen atoms in total. The Morgan fingerprint density at radius 3 is 2.60 bits per heavy atom. The van der Waals surface area contributed by atoms with Crippen LogP contribution in [0.25, 0.3) is 0 Å². The normalized spacial score (nSPS) is 17.4. The largest absolute Gasteiger partial charge is 0.480 e. The Labute approximate surface area is 148 Å². The predicted molar refractivity (Wildman–Crippen MR) is 95.6 cm³/mol. The van der Waals surface area contributed by atoms with Crippen molar-refractivity contribution >= 4 is 23.5 Å². The van der Waals surface area contributed by atoms with Crippen molar-refractivity contribution in [3.05, 3.63) is 29.3 Å². The minimum absolute atomic E-state index is 0.0563. The number of nitrogens with one attached hydrogen (secondary N) is 1. The monoisotopic (exact) mass is 346 g/mol. The molecule has 2 amide bonds. The summed E-state index contributed by atoms with van der Waals surface area (Å²) in [5.74, 6) is -1.01. The maximum atomic E-state index is 12.7. The van der Waals surface area contributed by atoms with E-state index in [0.717, 1.165) is 18.4 Å². The summed E-state index contributed by atoms with van der Waals surface area (Å²) in [6.45, 7) is 6.24. The molecule has 2 N–H and O–H groups in total. The summed E-state index contributed by atoms with van der Waals surface area (Å²) in [5.41, 5.74) is 1.91. The Bertz CT molecular complexity index is 669. The zero-order valence-corrected chi connectivity index (χ0v) is 15.0. The number of carboxylic acid groups (broad SMARTS) is 1. The molecule has 25 heavy (non-hydrogen) atoms. The van der Waals surface area contributed by atoms with Crippen LogP contribution in [0.15, 0.2) is 18.2 Å². The van der Waals surface area contributed by atoms with Gasteiger partial charge in [-0.25, -0.2) is 4.79 Å². The lowest BCUT2D eigenvalue weighted by Gasteiger charge is -2.33. The molecule has 136 valence electrons. The number of aliphatic carboxylic acids is 1. The van der Waals surface area contributed by atoms with E-state index in [1.165, 1.54) is 4.90 Å². The van der Waals surface area contributed by atoms with Crippen molar-refractivity contribution in [3.63, 3.8) is 0 Å². The van der Waals surface area contributed by atoms with E-state index in [-0.39, 0.29) is 17.7 Å². The van der Waals surface area contributed by atoms with Gasteiger partial charge in [-0.1, -0.05) is 13.8 Å². The van der Waals surface area contributed by atoms with Crippen LogP contribution < -0.4 is 5.32 Å². The third-order valence-corrected chi connectivity index (χ3v) is 4.39. The minimum Gasteiger partial charge on any atom is -0.480 e. The quantitative estimate of drug-likeness (QED) is 0.858. The molecule has 2 rings (SSSR count). The number of hydrogen-bond donors (Lipinski definition) is 2. The van der Waals surface area contributed by atoms with E-state index in [1.807, 2.05) is 20.8 Å². The number of nitrogens with zero attached hydrogens (tertiary/aromatic N) is 1. The zero-order valence-electron chi connectivity index (χ0n) is 15.0. The van der Waals surface area contributed by atoms with Crippen LogP contribution in [0, 0.1) is 12.8 Å². The number of piperidine rings is 1. The van der Waals surface area contributed by atoms with Crippen molar-refractivity contribution < 1.29 is 19.5 Å². The molecule has 1 saturated heterocycles. The van der Waals surface area contributed by atoms with Gasteiger partial charge in [0.15, 0.2) is 0 Å². The number of amides is 2. The fourth-order valence-corrected chi connectivity index (χ4v) is 3.11. The van der Waals surface area contributed by atoms with E-state index in [0.29, 0.717) is 30.6 Å². The lowest BCUT2D eigenvalue weighted by molar-refractivity contribution is -0.143. The number of carbonyl (C=O) groups excluding carboxylic acids is 2. The van der Waals surface area contributed by atoms with Crippen molar-refractivity contribution in [1.29, 1.82) is 0 Å². The van der Waals surface area contributed by atoms with Crippen LogP contribution in [-0.2, 0) is 9.59 Å². The number of hydrogen-bond acceptors (Lipinski definition) is 3. The topological polar surface area (TPSA) is 86.7 Å². The molecule has 1 aromatic rings. The van der Waals surface area contributed by atoms with Gasteiger partial charge in [-0.05, 0) is 55.9 Å². The van der Waals surface area contributed by atoms with Gasteiger partial charge in [0, 0.05) is 24.2 Å². The highest BCUT2D eigenvalue weighted by Crippen LogP contribution is 2.23. The van der Waals surface area contributed by atoms with E-state index in [4.69, 9.17) is 0 Å². The van der Waals surface area contributed by atoms with Crippen LogP contribution in [-0.4, -0.2) is 40.4 Å². The van der Waals surface area contributed by atoms with Crippen molar-refractivity contribution in [3.8, 4) is 0 Å². The van der Waals surface area contributed by atoms with Crippen LogP contribution in [0.3, 0.4) is 0 Å². The number of aryl methyl sites for hydroxylation is 1. The number of rotatable bonds is 5. The maximum absolute atomic E-state index is 12.7. The molecule has 1 fully saturated rings. The molecule has 0 spiro atoms. The van der Waals surface area contributed by atoms with Crippen molar-refractivity contribution in [2.75, 3.05) is 11.9 Å². The third kappa shape index (κ3) is 4.81. The fourth-order valence-electron chi connectivity index (χ4n) is 3.11. The van der Waals surface area contributed by atoms with Crippen LogP contribution in [0.5, 0.6) is 0 Å². The third-order valence-electron chi connectivity index (χ3n) is 4.39. The average molecular weight is 346 g/mol. The zero-order chi connectivity index (χ0) is 18.6. The molecule has 1 heterocycles. The van der Waals surface area contributed by atoms with Crippen molar-refractivity contribution in [2.45, 2.75) is 52.5 Å². The smallest absolute Gasteiger partial charge is 0.326 e. The maximum Gasteiger partial charge on any atom is 0.326 e. The van der Waals surface area contributed by atoms with Gasteiger partial charge in [0.05, 0.1) is 0 Å². The standard InChI is InChI=1S/C19H26N2O4/c1-12(2)10-17(22)20-15-8-7-14(11-13(15)3)18(23)21-9-5-4-6-16(21)19(24)25/h7-8,11-12,16H,4-6,9-10H2,1-3H3,(H,20,22)(H,24,25)/t16-/m1/s1. The molecule has 0 radical (unpaired) electrons. The van der Waals surface area contributed by atoms with Gasteiger partial charge in [0.2, 0.25) is 5.91 Å². The predicted octanol–water partition coefficient (Wildman–Crippen LogP) is 3.06. The second kappa shape index (κ2) is 8.14. The molecule has 1 aliphatic heterocycles. The van der Waals surface area contributed by atoms with Gasteiger partial charge in [0.25, 0.3) is 5.91 Å². The highest BCUT2D eigenvalue weighted by atomic mass is 16.4. The molecule has 0 saturated carbocycles. The summed E-state index contributed by atoms with van der Waals surface area (Å²) in [4.78, 5) is 37.5. The Kier molecular flexibility index (Phi) is 6.17. The van der Waals surface area contributed by atoms with Crippen LogP contribution in [0.2, 0.25) is 0 Å². The van der Waals surface area contributed by atoms with Crippen LogP contribution in [0.1, 0.15) is 55.5 Å². The number of likely N-dealkylation sites (tertiary alicyclic amines) is 1. The number of benzene rings is 1. The summed E-state index contributed by atoms with van der Waals surface area (Å²) in [7, 11) is 0. The van der Waals surface area contributed by atoms with Gasteiger partial charge in [-0.3, -0.25) is 9.59 Å². The van der Waals surface area contributed by atoms with Gasteiger partial charge in [-0.2, -0.15) is 0 Å². The first-order valence-corrected chi connectivity index (χ1v) is 8.74. The van der Waals surface area contributed by atoms with E-state index in [2.05, 4.69) is 5.32 Å². The molecule has 6 heteroatoms. The second-order valence-electron chi connectivity index (χ2n) is 7.02. The lowest BCUT2D eigenvalue weighted by Crippen LogP contribution is -2.48. The van der Waals surface area contributed by atoms with Crippen molar-refractivity contribution in [2.24, 2.45) is 5.92 Å². The molecule has 1 atom stereocenters. The van der Waals surface area contributed by atoms with Gasteiger partial charge >= 0.3 is 5.97 Å². The Morgan fingerprint density at radius 1 is 1.28 bits per heavy atom. The number of anilines is 1. The van der Waals surface area contributed by atoms with E-state index >= 15 is 0 Å². The lowest BCUT2D eigenvalue weighted by atomic mass is 10.00. The van der Waals surface area contributed by atoms with Crippen LogP contribution >= 0.6 is 0 Å². The number of carbonyl (C=O) groups is 3. The van der Waals surface area contributed by atoms with Gasteiger partial charge in [-0.15, -0.1) is 0 Å². The molecule has 1 aliphatic rings. The first-order chi connectivity index (χ1) is 11.8. The van der Waals surface area contributed by atoms with Gasteiger partial charge < -0.3 is 15.3 Å². The average Bonchev–Trinajstić information content (AvgIpc) is 2.55. The highest BCUT2D eigenvalue weighted by molar-refractivity contribution is 5.98. The number of carboxylic acids is 1. The Balaban J connectivity index is 2.14. The summed E-state index contributed by atoms with van der Waals surface area (Å²) in [5, 5.41) is 12.2. The van der Waals surface area contributed by atoms with Crippen molar-refractivity contribution in [1.82, 2.24) is 4.90 Å². The summed E-state index contributed by atoms with van der Waals surface area (Å²) < 4.78 is 0. The summed E-state index contributed by atoms with van der Waals surface area (Å²) in [6, 6.07) is 4.31. The van der Waals surface area contributed by atoms with Crippen LogP contribution in [0.4, 0.5) is 5.69 Å². The molecular weight excluding hydrogens is 320 g/mol. The fraction of sp³-hybridized carbons (Fsp3) is 0.526. The van der Waals surface area contributed by atoms with Gasteiger partial charge in [0.1, 0.15) is 6.04 Å². The summed E-state index contributed by atoms with van der Waals surface area (Å²) >= 11 is 0. The Hall–Kier alpha value is -2.37. The molecule has 0 aliphatic carbocycles. The highest BCUT2D eigenvalue weighted by Gasteiger charge is 2.32.